The molecule has 1 aliphatic rings. The summed E-state index contributed by atoms with van der Waals surface area (Å²) in [4.78, 5) is 16.9. The number of nitrogens with one attached hydrogen (secondary N) is 2. The van der Waals surface area contributed by atoms with Crippen LogP contribution in [0.5, 0.6) is 0 Å². The van der Waals surface area contributed by atoms with E-state index < -0.39 is 5.97 Å². The molecule has 0 spiro atoms. The number of fused-ring (bicyclic) bond motifs is 1. The second-order valence-corrected chi connectivity index (χ2v) is 7.11. The van der Waals surface area contributed by atoms with Gasteiger partial charge in [-0.05, 0) is 46.0 Å². The van der Waals surface area contributed by atoms with Gasteiger partial charge in [-0.15, -0.1) is 0 Å². The Bertz CT molecular complexity index is 701. The van der Waals surface area contributed by atoms with Gasteiger partial charge in [-0.25, -0.2) is 9.78 Å². The summed E-state index contributed by atoms with van der Waals surface area (Å²) in [6.07, 6.45) is 0.659. The maximum Gasteiger partial charge on any atom is 0.341 e. The van der Waals surface area contributed by atoms with Crippen LogP contribution in [0, 0.1) is 0 Å². The zero-order chi connectivity index (χ0) is 18.6. The van der Waals surface area contributed by atoms with Gasteiger partial charge < -0.3 is 20.1 Å². The molecule has 2 rings (SSSR count). The molecule has 0 saturated carbocycles. The Labute approximate surface area is 154 Å². The number of aromatic nitrogens is 1. The molecule has 0 aliphatic carbocycles. The number of pyridine rings is 1. The molecule has 7 heteroatoms. The Morgan fingerprint density at radius 2 is 2.24 bits per heavy atom. The van der Waals surface area contributed by atoms with Gasteiger partial charge in [0.25, 0.3) is 0 Å². The van der Waals surface area contributed by atoms with Crippen molar-refractivity contribution in [2.75, 3.05) is 18.5 Å². The fourth-order valence-electron chi connectivity index (χ4n) is 2.44. The highest BCUT2D eigenvalue weighted by Crippen LogP contribution is 2.29. The van der Waals surface area contributed by atoms with Crippen LogP contribution >= 0.6 is 12.2 Å². The molecule has 0 bridgehead atoms. The number of nitrogens with zero attached hydrogens (tertiary/aromatic N) is 1. The standard InChI is InChI=1S/C18H25N3O3S/c1-6-23-16(22)13-7-12-10-24-18(4,5)8-14(12)20-15(13)21-17(25)19-9-11(2)3/h7H,2,6,8-10H2,1,3-5H3,(H2,19,20,21,25). The summed E-state index contributed by atoms with van der Waals surface area (Å²) in [7, 11) is 0. The van der Waals surface area contributed by atoms with E-state index in [1.165, 1.54) is 0 Å². The average molecular weight is 363 g/mol. The van der Waals surface area contributed by atoms with E-state index in [9.17, 15) is 4.79 Å². The van der Waals surface area contributed by atoms with Gasteiger partial charge in [0.1, 0.15) is 11.4 Å². The van der Waals surface area contributed by atoms with E-state index >= 15 is 0 Å². The van der Waals surface area contributed by atoms with Crippen molar-refractivity contribution in [1.82, 2.24) is 10.3 Å². The zero-order valence-corrected chi connectivity index (χ0v) is 16.0. The second-order valence-electron chi connectivity index (χ2n) is 6.70. The Morgan fingerprint density at radius 1 is 1.52 bits per heavy atom. The molecular formula is C18H25N3O3S. The number of carbonyl (C=O) groups is 1. The molecule has 0 fully saturated rings. The van der Waals surface area contributed by atoms with Crippen LogP contribution in [0.4, 0.5) is 5.82 Å². The molecule has 136 valence electrons. The Morgan fingerprint density at radius 3 is 2.88 bits per heavy atom. The molecule has 0 saturated heterocycles. The van der Waals surface area contributed by atoms with E-state index in [2.05, 4.69) is 22.2 Å². The van der Waals surface area contributed by atoms with Crippen LogP contribution in [-0.4, -0.2) is 34.8 Å². The first-order valence-electron chi connectivity index (χ1n) is 8.25. The third-order valence-electron chi connectivity index (χ3n) is 3.68. The molecule has 2 N–H and O–H groups in total. The van der Waals surface area contributed by atoms with Gasteiger partial charge in [0, 0.05) is 18.5 Å². The van der Waals surface area contributed by atoms with Crippen LogP contribution in [0.3, 0.4) is 0 Å². The van der Waals surface area contributed by atoms with Crippen molar-refractivity contribution in [1.29, 1.82) is 0 Å². The minimum absolute atomic E-state index is 0.289. The highest BCUT2D eigenvalue weighted by Gasteiger charge is 2.29. The summed E-state index contributed by atoms with van der Waals surface area (Å²) in [5.41, 5.74) is 2.81. The molecule has 0 amide bonds. The fourth-order valence-corrected chi connectivity index (χ4v) is 2.61. The lowest BCUT2D eigenvalue weighted by Crippen LogP contribution is -2.34. The summed E-state index contributed by atoms with van der Waals surface area (Å²) < 4.78 is 11.0. The summed E-state index contributed by atoms with van der Waals surface area (Å²) in [6.45, 7) is 12.8. The summed E-state index contributed by atoms with van der Waals surface area (Å²) >= 11 is 5.28. The number of thiocarbonyl (C=S) groups is 1. The van der Waals surface area contributed by atoms with Crippen molar-refractivity contribution in [3.05, 3.63) is 35.0 Å². The summed E-state index contributed by atoms with van der Waals surface area (Å²) in [6, 6.07) is 1.78. The lowest BCUT2D eigenvalue weighted by Gasteiger charge is -2.31. The Balaban J connectivity index is 2.32. The number of rotatable bonds is 5. The molecule has 1 aromatic rings. The second kappa shape index (κ2) is 7.93. The molecule has 6 nitrogen and oxygen atoms in total. The number of ether oxygens (including phenoxy) is 2. The molecule has 1 aromatic heterocycles. The maximum atomic E-state index is 12.3. The third-order valence-corrected chi connectivity index (χ3v) is 3.93. The third kappa shape index (κ3) is 5.24. The van der Waals surface area contributed by atoms with Crippen molar-refractivity contribution in [2.24, 2.45) is 0 Å². The monoisotopic (exact) mass is 363 g/mol. The van der Waals surface area contributed by atoms with Crippen LogP contribution in [0.15, 0.2) is 18.2 Å². The van der Waals surface area contributed by atoms with Gasteiger partial charge in [-0.3, -0.25) is 0 Å². The Hall–Kier alpha value is -1.99. The Kier molecular flexibility index (Phi) is 6.13. The average Bonchev–Trinajstić information content (AvgIpc) is 2.51. The van der Waals surface area contributed by atoms with Crippen molar-refractivity contribution < 1.29 is 14.3 Å². The summed E-state index contributed by atoms with van der Waals surface area (Å²) in [5, 5.41) is 6.42. The lowest BCUT2D eigenvalue weighted by atomic mass is 9.95. The molecule has 25 heavy (non-hydrogen) atoms. The van der Waals surface area contributed by atoms with Gasteiger partial charge >= 0.3 is 5.97 Å². The van der Waals surface area contributed by atoms with E-state index in [0.29, 0.717) is 36.1 Å². The summed E-state index contributed by atoms with van der Waals surface area (Å²) in [5.74, 6) is -0.0399. The van der Waals surface area contributed by atoms with Gasteiger partial charge in [0.15, 0.2) is 5.11 Å². The van der Waals surface area contributed by atoms with E-state index in [1.54, 1.807) is 13.0 Å². The molecule has 0 unspecified atom stereocenters. The number of carbonyl (C=O) groups excluding carboxylic acids is 1. The fraction of sp³-hybridized carbons (Fsp3) is 0.500. The van der Waals surface area contributed by atoms with E-state index in [4.69, 9.17) is 21.7 Å². The highest BCUT2D eigenvalue weighted by molar-refractivity contribution is 7.80. The predicted octanol–water partition coefficient (Wildman–Crippen LogP) is 2.97. The number of anilines is 1. The van der Waals surface area contributed by atoms with Crippen LogP contribution < -0.4 is 10.6 Å². The van der Waals surface area contributed by atoms with Gasteiger partial charge in [-0.2, -0.15) is 0 Å². The van der Waals surface area contributed by atoms with Crippen LogP contribution in [-0.2, 0) is 22.5 Å². The molecule has 0 aromatic carbocycles. The van der Waals surface area contributed by atoms with E-state index in [0.717, 1.165) is 16.8 Å². The molecule has 0 atom stereocenters. The maximum absolute atomic E-state index is 12.3. The van der Waals surface area contributed by atoms with Gasteiger partial charge in [0.2, 0.25) is 0 Å². The minimum Gasteiger partial charge on any atom is -0.462 e. The molecule has 2 heterocycles. The predicted molar refractivity (Wildman–Crippen MR) is 102 cm³/mol. The zero-order valence-electron chi connectivity index (χ0n) is 15.2. The van der Waals surface area contributed by atoms with Crippen LogP contribution in [0.2, 0.25) is 0 Å². The normalized spacial score (nSPS) is 15.0. The molecular weight excluding hydrogens is 338 g/mol. The van der Waals surface area contributed by atoms with E-state index in [-0.39, 0.29) is 12.2 Å². The largest absolute Gasteiger partial charge is 0.462 e. The van der Waals surface area contributed by atoms with Crippen molar-refractivity contribution in [3.8, 4) is 0 Å². The van der Waals surface area contributed by atoms with Gasteiger partial charge in [0.05, 0.1) is 24.5 Å². The van der Waals surface area contributed by atoms with Crippen molar-refractivity contribution in [3.63, 3.8) is 0 Å². The smallest absolute Gasteiger partial charge is 0.341 e. The quantitative estimate of drug-likeness (QED) is 0.473. The molecule has 1 aliphatic heterocycles. The minimum atomic E-state index is -0.437. The van der Waals surface area contributed by atoms with Crippen molar-refractivity contribution in [2.45, 2.75) is 46.3 Å². The van der Waals surface area contributed by atoms with Crippen molar-refractivity contribution >= 4 is 29.1 Å². The highest BCUT2D eigenvalue weighted by atomic mass is 32.1. The SMILES string of the molecule is C=C(C)CNC(=S)Nc1nc2c(cc1C(=O)OCC)COC(C)(C)C2. The van der Waals surface area contributed by atoms with Crippen LogP contribution in [0.25, 0.3) is 0 Å². The first-order chi connectivity index (χ1) is 11.7. The topological polar surface area (TPSA) is 72.5 Å². The number of esters is 1. The first-order valence-corrected chi connectivity index (χ1v) is 8.66. The first kappa shape index (κ1) is 19.3. The number of hydrogen-bond donors (Lipinski definition) is 2. The van der Waals surface area contributed by atoms with Gasteiger partial charge in [-0.1, -0.05) is 12.2 Å². The lowest BCUT2D eigenvalue weighted by molar-refractivity contribution is -0.0412. The van der Waals surface area contributed by atoms with Crippen LogP contribution in [0.1, 0.15) is 49.3 Å². The number of hydrogen-bond acceptors (Lipinski definition) is 5. The van der Waals surface area contributed by atoms with E-state index in [1.807, 2.05) is 20.8 Å². The molecule has 0 radical (unpaired) electrons.